The van der Waals surface area contributed by atoms with E-state index in [1.807, 2.05) is 13.8 Å². The summed E-state index contributed by atoms with van der Waals surface area (Å²) in [5.41, 5.74) is -0.180. The van der Waals surface area contributed by atoms with Crippen LogP contribution >= 0.6 is 0 Å². The first kappa shape index (κ1) is 14.3. The molecule has 1 heterocycles. The van der Waals surface area contributed by atoms with E-state index in [2.05, 4.69) is 4.90 Å². The Labute approximate surface area is 114 Å². The molecule has 1 unspecified atom stereocenters. The molecule has 1 saturated heterocycles. The van der Waals surface area contributed by atoms with Crippen LogP contribution in [0, 0.1) is 5.82 Å². The lowest BCUT2D eigenvalue weighted by Gasteiger charge is -2.39. The van der Waals surface area contributed by atoms with Crippen molar-refractivity contribution < 1.29 is 14.2 Å². The summed E-state index contributed by atoms with van der Waals surface area (Å²) in [4.78, 5) is 2.22. The summed E-state index contributed by atoms with van der Waals surface area (Å²) in [5.74, 6) is -0.293. The lowest BCUT2D eigenvalue weighted by Crippen LogP contribution is -2.47. The number of hydrogen-bond acceptors (Lipinski definition) is 3. The second-order valence-electron chi connectivity index (χ2n) is 5.61. The van der Waals surface area contributed by atoms with Gasteiger partial charge in [-0.3, -0.25) is 4.90 Å². The molecule has 1 atom stereocenters. The van der Waals surface area contributed by atoms with Crippen LogP contribution in [0.3, 0.4) is 0 Å². The van der Waals surface area contributed by atoms with E-state index in [4.69, 9.17) is 4.74 Å². The molecule has 19 heavy (non-hydrogen) atoms. The van der Waals surface area contributed by atoms with Gasteiger partial charge in [0.25, 0.3) is 0 Å². The van der Waals surface area contributed by atoms with E-state index in [0.29, 0.717) is 5.56 Å². The molecule has 3 nitrogen and oxygen atoms in total. The Morgan fingerprint density at radius 3 is 2.53 bits per heavy atom. The molecule has 0 spiro atoms. The van der Waals surface area contributed by atoms with Gasteiger partial charge in [-0.15, -0.1) is 0 Å². The maximum atomic E-state index is 14.2. The molecule has 0 radical (unpaired) electrons. The molecular weight excluding hydrogens is 245 g/mol. The molecule has 4 heteroatoms. The molecule has 1 aromatic rings. The van der Waals surface area contributed by atoms with Gasteiger partial charge in [0.1, 0.15) is 0 Å². The first-order valence-corrected chi connectivity index (χ1v) is 6.74. The lowest BCUT2D eigenvalue weighted by atomic mass is 9.89. The van der Waals surface area contributed by atoms with E-state index in [1.54, 1.807) is 18.2 Å². The standard InChI is InChI=1S/C15H22FNO2/c1-15(2,17-9-4-5-10-17)14(18)11-7-6-8-12(19-3)13(11)16/h6-8,14,18H,4-5,9-10H2,1-3H3. The zero-order valence-corrected chi connectivity index (χ0v) is 11.8. The summed E-state index contributed by atoms with van der Waals surface area (Å²) in [6, 6.07) is 4.90. The van der Waals surface area contributed by atoms with E-state index in [0.717, 1.165) is 25.9 Å². The second kappa shape index (κ2) is 5.47. The van der Waals surface area contributed by atoms with Gasteiger partial charge in [-0.2, -0.15) is 0 Å². The molecule has 1 aliphatic rings. The van der Waals surface area contributed by atoms with E-state index in [-0.39, 0.29) is 5.75 Å². The van der Waals surface area contributed by atoms with Gasteiger partial charge in [0.15, 0.2) is 11.6 Å². The summed E-state index contributed by atoms with van der Waals surface area (Å²) in [6.07, 6.45) is 1.40. The SMILES string of the molecule is COc1cccc(C(O)C(C)(C)N2CCCC2)c1F. The van der Waals surface area contributed by atoms with Crippen molar-refractivity contribution in [2.24, 2.45) is 0 Å². The average Bonchev–Trinajstić information content (AvgIpc) is 2.92. The number of hydrogen-bond donors (Lipinski definition) is 1. The van der Waals surface area contributed by atoms with E-state index >= 15 is 0 Å². The topological polar surface area (TPSA) is 32.7 Å². The molecule has 1 aliphatic heterocycles. The van der Waals surface area contributed by atoms with E-state index in [1.165, 1.54) is 7.11 Å². The van der Waals surface area contributed by atoms with Gasteiger partial charge >= 0.3 is 0 Å². The lowest BCUT2D eigenvalue weighted by molar-refractivity contribution is -0.000872. The molecule has 1 fully saturated rings. The minimum atomic E-state index is -0.874. The van der Waals surface area contributed by atoms with Gasteiger partial charge in [-0.1, -0.05) is 12.1 Å². The zero-order chi connectivity index (χ0) is 14.0. The van der Waals surface area contributed by atoms with Crippen LogP contribution in [0.1, 0.15) is 38.4 Å². The molecule has 1 aromatic carbocycles. The van der Waals surface area contributed by atoms with Crippen molar-refractivity contribution >= 4 is 0 Å². The van der Waals surface area contributed by atoms with Crippen LogP contribution in [0.2, 0.25) is 0 Å². The number of rotatable bonds is 4. The highest BCUT2D eigenvalue weighted by Crippen LogP contribution is 2.36. The smallest absolute Gasteiger partial charge is 0.170 e. The van der Waals surface area contributed by atoms with Crippen LogP contribution in [-0.2, 0) is 0 Å². The van der Waals surface area contributed by atoms with Gasteiger partial charge in [0.2, 0.25) is 0 Å². The average molecular weight is 267 g/mol. The van der Waals surface area contributed by atoms with Crippen LogP contribution in [0.4, 0.5) is 4.39 Å². The van der Waals surface area contributed by atoms with Crippen LogP contribution < -0.4 is 4.74 Å². The Hall–Kier alpha value is -1.13. The number of methoxy groups -OCH3 is 1. The number of nitrogens with zero attached hydrogens (tertiary/aromatic N) is 1. The maximum absolute atomic E-state index is 14.2. The fourth-order valence-corrected chi connectivity index (χ4v) is 2.74. The highest BCUT2D eigenvalue weighted by atomic mass is 19.1. The Morgan fingerprint density at radius 2 is 1.95 bits per heavy atom. The van der Waals surface area contributed by atoms with Crippen molar-refractivity contribution in [3.05, 3.63) is 29.6 Å². The molecular formula is C15H22FNO2. The molecule has 0 aromatic heterocycles. The summed E-state index contributed by atoms with van der Waals surface area (Å²) < 4.78 is 19.2. The first-order valence-electron chi connectivity index (χ1n) is 6.74. The van der Waals surface area contributed by atoms with E-state index < -0.39 is 17.5 Å². The molecule has 0 saturated carbocycles. The first-order chi connectivity index (χ1) is 8.98. The van der Waals surface area contributed by atoms with Crippen molar-refractivity contribution in [2.45, 2.75) is 38.3 Å². The van der Waals surface area contributed by atoms with Gasteiger partial charge in [-0.05, 0) is 45.8 Å². The molecule has 2 rings (SSSR count). The number of aliphatic hydroxyl groups excluding tert-OH is 1. The third-order valence-corrected chi connectivity index (χ3v) is 4.10. The Bertz CT molecular complexity index is 442. The summed E-state index contributed by atoms with van der Waals surface area (Å²) in [5, 5.41) is 10.6. The van der Waals surface area contributed by atoms with Gasteiger partial charge in [-0.25, -0.2) is 4.39 Å². The van der Waals surface area contributed by atoms with E-state index in [9.17, 15) is 9.50 Å². The summed E-state index contributed by atoms with van der Waals surface area (Å²) >= 11 is 0. The fraction of sp³-hybridized carbons (Fsp3) is 0.600. The van der Waals surface area contributed by atoms with Crippen LogP contribution in [0.15, 0.2) is 18.2 Å². The van der Waals surface area contributed by atoms with Crippen LogP contribution in [0.5, 0.6) is 5.75 Å². The monoisotopic (exact) mass is 267 g/mol. The molecule has 1 N–H and O–H groups in total. The Kier molecular flexibility index (Phi) is 4.11. The highest BCUT2D eigenvalue weighted by molar-refractivity contribution is 5.33. The van der Waals surface area contributed by atoms with Crippen LogP contribution in [0.25, 0.3) is 0 Å². The Morgan fingerprint density at radius 1 is 1.32 bits per heavy atom. The molecule has 0 amide bonds. The summed E-state index contributed by atoms with van der Waals surface area (Å²) in [7, 11) is 1.43. The van der Waals surface area contributed by atoms with Crippen molar-refractivity contribution in [3.63, 3.8) is 0 Å². The second-order valence-corrected chi connectivity index (χ2v) is 5.61. The number of aliphatic hydroxyl groups is 1. The maximum Gasteiger partial charge on any atom is 0.170 e. The largest absolute Gasteiger partial charge is 0.494 e. The number of benzene rings is 1. The quantitative estimate of drug-likeness (QED) is 0.910. The van der Waals surface area contributed by atoms with Crippen molar-refractivity contribution in [3.8, 4) is 5.75 Å². The third kappa shape index (κ3) is 2.60. The van der Waals surface area contributed by atoms with Crippen molar-refractivity contribution in [1.82, 2.24) is 4.90 Å². The number of likely N-dealkylation sites (tertiary alicyclic amines) is 1. The Balaban J connectivity index is 2.30. The van der Waals surface area contributed by atoms with Crippen molar-refractivity contribution in [1.29, 1.82) is 0 Å². The predicted octanol–water partition coefficient (Wildman–Crippen LogP) is 2.74. The zero-order valence-electron chi connectivity index (χ0n) is 11.8. The number of halogens is 1. The van der Waals surface area contributed by atoms with Crippen molar-refractivity contribution in [2.75, 3.05) is 20.2 Å². The summed E-state index contributed by atoms with van der Waals surface area (Å²) in [6.45, 7) is 5.83. The molecule has 106 valence electrons. The molecule has 0 bridgehead atoms. The minimum Gasteiger partial charge on any atom is -0.494 e. The van der Waals surface area contributed by atoms with Gasteiger partial charge in [0.05, 0.1) is 13.2 Å². The number of ether oxygens (including phenoxy) is 1. The normalized spacial score (nSPS) is 18.6. The highest BCUT2D eigenvalue weighted by Gasteiger charge is 2.38. The van der Waals surface area contributed by atoms with Gasteiger partial charge in [0, 0.05) is 11.1 Å². The van der Waals surface area contributed by atoms with Gasteiger partial charge < -0.3 is 9.84 Å². The van der Waals surface area contributed by atoms with Crippen LogP contribution in [-0.4, -0.2) is 35.7 Å². The minimum absolute atomic E-state index is 0.175. The third-order valence-electron chi connectivity index (χ3n) is 4.10. The molecule has 0 aliphatic carbocycles. The predicted molar refractivity (Wildman–Crippen MR) is 72.8 cm³/mol. The fourth-order valence-electron chi connectivity index (χ4n) is 2.74.